The van der Waals surface area contributed by atoms with Crippen molar-refractivity contribution < 1.29 is 38.0 Å². The molecule has 0 spiro atoms. The van der Waals surface area contributed by atoms with Crippen molar-refractivity contribution in [2.45, 2.75) is 90.9 Å². The van der Waals surface area contributed by atoms with Crippen LogP contribution < -0.4 is 0 Å². The lowest BCUT2D eigenvalue weighted by molar-refractivity contribution is -0.145. The van der Waals surface area contributed by atoms with Gasteiger partial charge in [-0.15, -0.1) is 0 Å². The predicted molar refractivity (Wildman–Crippen MR) is 143 cm³/mol. The summed E-state index contributed by atoms with van der Waals surface area (Å²) >= 11 is 0. The molecule has 0 atom stereocenters. The quantitative estimate of drug-likeness (QED) is 0.0894. The molecule has 8 heteroatoms. The Kier molecular flexibility index (Phi) is 31.6. The number of unbranched alkanes of at least 4 members (excludes halogenated alkanes) is 9. The predicted octanol–water partition coefficient (Wildman–Crippen LogP) is 5.35. The lowest BCUT2D eigenvalue weighted by Gasteiger charge is -2.08. The minimum Gasteiger partial charge on any atom is -0.463 e. The maximum atomic E-state index is 11.6. The molecule has 0 fully saturated rings. The molecular formula is C28H56O8. The molecule has 0 N–H and O–H groups in total. The van der Waals surface area contributed by atoms with Gasteiger partial charge in [0.2, 0.25) is 0 Å². The van der Waals surface area contributed by atoms with Crippen LogP contribution >= 0.6 is 0 Å². The first-order valence-electron chi connectivity index (χ1n) is 14.4. The van der Waals surface area contributed by atoms with Gasteiger partial charge in [-0.3, -0.25) is 4.79 Å². The van der Waals surface area contributed by atoms with Crippen molar-refractivity contribution in [1.29, 1.82) is 0 Å². The maximum absolute atomic E-state index is 11.6. The summed E-state index contributed by atoms with van der Waals surface area (Å²) < 4.78 is 38.0. The first kappa shape index (κ1) is 35.2. The van der Waals surface area contributed by atoms with Gasteiger partial charge in [0.1, 0.15) is 6.61 Å². The first-order valence-corrected chi connectivity index (χ1v) is 14.4. The van der Waals surface area contributed by atoms with E-state index < -0.39 is 0 Å². The number of carbonyl (C=O) groups is 1. The molecule has 0 aromatic carbocycles. The summed E-state index contributed by atoms with van der Waals surface area (Å²) in [5, 5.41) is 0. The standard InChI is InChI=1S/C28H56O8/c1-3-5-7-9-10-12-14-28(29)36-27-26-35-25-24-34-23-22-33-21-20-32-19-18-31-17-16-30-15-13-11-8-6-4-2/h3-27H2,1-2H3. The zero-order valence-electron chi connectivity index (χ0n) is 23.4. The Bertz CT molecular complexity index is 422. The third kappa shape index (κ3) is 31.3. The number of rotatable bonds is 31. The molecule has 0 aliphatic rings. The summed E-state index contributed by atoms with van der Waals surface area (Å²) in [4.78, 5) is 11.6. The number of hydrogen-bond acceptors (Lipinski definition) is 8. The van der Waals surface area contributed by atoms with E-state index in [1.54, 1.807) is 0 Å². The average molecular weight is 521 g/mol. The van der Waals surface area contributed by atoms with Crippen LogP contribution in [0.5, 0.6) is 0 Å². The molecule has 0 rings (SSSR count). The zero-order chi connectivity index (χ0) is 26.2. The molecule has 0 unspecified atom stereocenters. The van der Waals surface area contributed by atoms with Crippen LogP contribution in [0.1, 0.15) is 90.9 Å². The molecular weight excluding hydrogens is 464 g/mol. The highest BCUT2D eigenvalue weighted by Crippen LogP contribution is 2.07. The van der Waals surface area contributed by atoms with Crippen molar-refractivity contribution in [3.05, 3.63) is 0 Å². The summed E-state index contributed by atoms with van der Waals surface area (Å²) in [6, 6.07) is 0. The van der Waals surface area contributed by atoms with E-state index in [2.05, 4.69) is 13.8 Å². The van der Waals surface area contributed by atoms with Gasteiger partial charge in [-0.05, 0) is 12.8 Å². The van der Waals surface area contributed by atoms with Crippen molar-refractivity contribution >= 4 is 5.97 Å². The fourth-order valence-corrected chi connectivity index (χ4v) is 3.35. The van der Waals surface area contributed by atoms with Crippen LogP contribution in [0.2, 0.25) is 0 Å². The second-order valence-electron chi connectivity index (χ2n) is 8.83. The molecule has 0 saturated heterocycles. The Morgan fingerprint density at radius 1 is 0.389 bits per heavy atom. The van der Waals surface area contributed by atoms with Gasteiger partial charge >= 0.3 is 5.97 Å². The molecule has 0 amide bonds. The Morgan fingerprint density at radius 2 is 0.722 bits per heavy atom. The highest BCUT2D eigenvalue weighted by Gasteiger charge is 2.02. The number of carbonyl (C=O) groups excluding carboxylic acids is 1. The third-order valence-corrected chi connectivity index (χ3v) is 5.48. The smallest absolute Gasteiger partial charge is 0.305 e. The maximum Gasteiger partial charge on any atom is 0.305 e. The van der Waals surface area contributed by atoms with Gasteiger partial charge in [-0.2, -0.15) is 0 Å². The molecule has 0 saturated carbocycles. The molecule has 0 aliphatic carbocycles. The molecule has 0 radical (unpaired) electrons. The van der Waals surface area contributed by atoms with Crippen LogP contribution in [-0.2, 0) is 38.0 Å². The normalized spacial score (nSPS) is 11.3. The molecule has 0 aromatic rings. The minimum atomic E-state index is -0.132. The molecule has 0 aliphatic heterocycles. The van der Waals surface area contributed by atoms with E-state index in [4.69, 9.17) is 33.2 Å². The zero-order valence-corrected chi connectivity index (χ0v) is 23.4. The van der Waals surface area contributed by atoms with E-state index in [-0.39, 0.29) is 5.97 Å². The molecule has 216 valence electrons. The monoisotopic (exact) mass is 520 g/mol. The minimum absolute atomic E-state index is 0.132. The second-order valence-corrected chi connectivity index (χ2v) is 8.83. The molecule has 36 heavy (non-hydrogen) atoms. The van der Waals surface area contributed by atoms with E-state index in [9.17, 15) is 4.79 Å². The SMILES string of the molecule is CCCCCCCCC(=O)OCCOCCOCCOCCOCCOCCOCCCCCCC. The lowest BCUT2D eigenvalue weighted by atomic mass is 10.1. The van der Waals surface area contributed by atoms with E-state index in [0.29, 0.717) is 85.7 Å². The Balaban J connectivity index is 3.09. The number of esters is 1. The lowest BCUT2D eigenvalue weighted by Crippen LogP contribution is -2.15. The molecule has 8 nitrogen and oxygen atoms in total. The van der Waals surface area contributed by atoms with Gasteiger partial charge in [-0.1, -0.05) is 71.6 Å². The highest BCUT2D eigenvalue weighted by atomic mass is 16.6. The van der Waals surface area contributed by atoms with Crippen molar-refractivity contribution in [2.75, 3.05) is 85.9 Å². The van der Waals surface area contributed by atoms with E-state index >= 15 is 0 Å². The fourth-order valence-electron chi connectivity index (χ4n) is 3.35. The van der Waals surface area contributed by atoms with Gasteiger partial charge in [0.25, 0.3) is 0 Å². The Morgan fingerprint density at radius 3 is 1.17 bits per heavy atom. The van der Waals surface area contributed by atoms with Crippen LogP contribution in [0, 0.1) is 0 Å². The second kappa shape index (κ2) is 32.3. The highest BCUT2D eigenvalue weighted by molar-refractivity contribution is 5.69. The Hall–Kier alpha value is -0.770. The summed E-state index contributed by atoms with van der Waals surface area (Å²) in [6.07, 6.45) is 13.8. The number of hydrogen-bond donors (Lipinski definition) is 0. The number of ether oxygens (including phenoxy) is 7. The molecule has 0 bridgehead atoms. The van der Waals surface area contributed by atoms with Crippen LogP contribution in [0.3, 0.4) is 0 Å². The van der Waals surface area contributed by atoms with Gasteiger partial charge in [0.05, 0.1) is 72.7 Å². The van der Waals surface area contributed by atoms with Gasteiger partial charge in [0.15, 0.2) is 0 Å². The molecule has 0 aromatic heterocycles. The van der Waals surface area contributed by atoms with E-state index in [0.717, 1.165) is 25.9 Å². The summed E-state index contributed by atoms with van der Waals surface area (Å²) in [7, 11) is 0. The van der Waals surface area contributed by atoms with Crippen molar-refractivity contribution in [3.8, 4) is 0 Å². The van der Waals surface area contributed by atoms with Gasteiger partial charge in [0, 0.05) is 13.0 Å². The van der Waals surface area contributed by atoms with Crippen molar-refractivity contribution in [3.63, 3.8) is 0 Å². The topological polar surface area (TPSA) is 81.7 Å². The van der Waals surface area contributed by atoms with E-state index in [1.807, 2.05) is 0 Å². The summed E-state index contributed by atoms with van der Waals surface area (Å²) in [6.45, 7) is 11.4. The molecule has 0 heterocycles. The third-order valence-electron chi connectivity index (χ3n) is 5.48. The van der Waals surface area contributed by atoms with Crippen LogP contribution in [-0.4, -0.2) is 91.9 Å². The van der Waals surface area contributed by atoms with Crippen molar-refractivity contribution in [2.24, 2.45) is 0 Å². The van der Waals surface area contributed by atoms with Crippen LogP contribution in [0.15, 0.2) is 0 Å². The summed E-state index contributed by atoms with van der Waals surface area (Å²) in [5.41, 5.74) is 0. The van der Waals surface area contributed by atoms with Crippen LogP contribution in [0.4, 0.5) is 0 Å². The Labute approximate surface area is 221 Å². The average Bonchev–Trinajstić information content (AvgIpc) is 2.88. The van der Waals surface area contributed by atoms with Crippen LogP contribution in [0.25, 0.3) is 0 Å². The van der Waals surface area contributed by atoms with E-state index in [1.165, 1.54) is 51.4 Å². The fraction of sp³-hybridized carbons (Fsp3) is 0.964. The summed E-state index contributed by atoms with van der Waals surface area (Å²) in [5.74, 6) is -0.132. The first-order chi connectivity index (χ1) is 17.8. The van der Waals surface area contributed by atoms with Gasteiger partial charge in [-0.25, -0.2) is 0 Å². The van der Waals surface area contributed by atoms with Crippen molar-refractivity contribution in [1.82, 2.24) is 0 Å². The van der Waals surface area contributed by atoms with Gasteiger partial charge < -0.3 is 33.2 Å². The largest absolute Gasteiger partial charge is 0.463 e.